The summed E-state index contributed by atoms with van der Waals surface area (Å²) in [6.07, 6.45) is -0.788. The highest BCUT2D eigenvalue weighted by Gasteiger charge is 2.14. The average molecular weight is 338 g/mol. The lowest BCUT2D eigenvalue weighted by Gasteiger charge is -2.07. The van der Waals surface area contributed by atoms with Gasteiger partial charge in [0.25, 0.3) is 0 Å². The minimum atomic E-state index is -0.788. The number of aromatic nitrogens is 2. The molecule has 0 saturated carbocycles. The molecule has 1 heterocycles. The van der Waals surface area contributed by atoms with Crippen molar-refractivity contribution in [1.82, 2.24) is 9.97 Å². The van der Waals surface area contributed by atoms with Crippen LogP contribution < -0.4 is 0 Å². The number of hydrogen-bond acceptors (Lipinski definition) is 2. The maximum Gasteiger partial charge on any atom is 0.140 e. The first-order chi connectivity index (χ1) is 9.13. The van der Waals surface area contributed by atoms with Gasteiger partial charge in [0.1, 0.15) is 11.9 Å². The summed E-state index contributed by atoms with van der Waals surface area (Å²) >= 11 is 9.24. The Balaban J connectivity index is 2.01. The highest BCUT2D eigenvalue weighted by atomic mass is 79.9. The Morgan fingerprint density at radius 3 is 2.63 bits per heavy atom. The topological polar surface area (TPSA) is 48.9 Å². The molecule has 0 fully saturated rings. The maximum absolute atomic E-state index is 10.3. The molecule has 0 aliphatic rings. The van der Waals surface area contributed by atoms with Gasteiger partial charge in [-0.15, -0.1) is 0 Å². The number of nitrogens with one attached hydrogen (secondary N) is 1. The fourth-order valence-electron chi connectivity index (χ4n) is 1.93. The summed E-state index contributed by atoms with van der Waals surface area (Å²) in [6, 6.07) is 12.8. The second-order valence-corrected chi connectivity index (χ2v) is 5.59. The Labute approximate surface area is 123 Å². The number of benzene rings is 2. The van der Waals surface area contributed by atoms with E-state index < -0.39 is 6.10 Å². The summed E-state index contributed by atoms with van der Waals surface area (Å²) in [5, 5.41) is 10.9. The molecular weight excluding hydrogens is 328 g/mol. The van der Waals surface area contributed by atoms with E-state index in [-0.39, 0.29) is 0 Å². The minimum Gasteiger partial charge on any atom is -0.380 e. The molecule has 3 rings (SSSR count). The van der Waals surface area contributed by atoms with Crippen LogP contribution >= 0.6 is 27.5 Å². The van der Waals surface area contributed by atoms with Crippen LogP contribution in [-0.4, -0.2) is 15.1 Å². The third-order valence-electron chi connectivity index (χ3n) is 2.91. The van der Waals surface area contributed by atoms with Crippen molar-refractivity contribution in [3.05, 3.63) is 63.3 Å². The molecule has 0 aliphatic heterocycles. The monoisotopic (exact) mass is 336 g/mol. The summed E-state index contributed by atoms with van der Waals surface area (Å²) in [5.41, 5.74) is 2.46. The van der Waals surface area contributed by atoms with Gasteiger partial charge in [0, 0.05) is 9.50 Å². The standard InChI is InChI=1S/C14H10BrClN2O/c15-9-3-6-11-12(7-9)18-14(17-11)13(19)8-1-4-10(16)5-2-8/h1-7,13,19H,(H,17,18)/t13-/m1/s1. The van der Waals surface area contributed by atoms with Crippen LogP contribution in [-0.2, 0) is 0 Å². The minimum absolute atomic E-state index is 0.524. The van der Waals surface area contributed by atoms with Crippen LogP contribution in [0.1, 0.15) is 17.5 Å². The van der Waals surface area contributed by atoms with Gasteiger partial charge in [0.2, 0.25) is 0 Å². The Hall–Kier alpha value is -1.36. The lowest BCUT2D eigenvalue weighted by atomic mass is 10.1. The number of hydrogen-bond donors (Lipinski definition) is 2. The van der Waals surface area contributed by atoms with Crippen molar-refractivity contribution < 1.29 is 5.11 Å². The average Bonchev–Trinajstić information content (AvgIpc) is 2.81. The first kappa shape index (κ1) is 12.7. The van der Waals surface area contributed by atoms with Crippen LogP contribution in [0.25, 0.3) is 11.0 Å². The largest absolute Gasteiger partial charge is 0.380 e. The number of H-pyrrole nitrogens is 1. The van der Waals surface area contributed by atoms with Gasteiger partial charge in [-0.25, -0.2) is 4.98 Å². The fraction of sp³-hybridized carbons (Fsp3) is 0.0714. The number of rotatable bonds is 2. The number of aliphatic hydroxyl groups excluding tert-OH is 1. The van der Waals surface area contributed by atoms with E-state index in [9.17, 15) is 5.11 Å². The number of imidazole rings is 1. The smallest absolute Gasteiger partial charge is 0.140 e. The number of aromatic amines is 1. The first-order valence-electron chi connectivity index (χ1n) is 5.72. The van der Waals surface area contributed by atoms with Crippen molar-refractivity contribution >= 4 is 38.6 Å². The van der Waals surface area contributed by atoms with Crippen molar-refractivity contribution in [3.63, 3.8) is 0 Å². The van der Waals surface area contributed by atoms with Gasteiger partial charge in [-0.1, -0.05) is 39.7 Å². The molecule has 0 aliphatic carbocycles. The Kier molecular flexibility index (Phi) is 3.31. The normalized spacial score (nSPS) is 12.8. The van der Waals surface area contributed by atoms with Gasteiger partial charge >= 0.3 is 0 Å². The Morgan fingerprint density at radius 1 is 1.16 bits per heavy atom. The molecule has 2 N–H and O–H groups in total. The maximum atomic E-state index is 10.3. The third kappa shape index (κ3) is 2.52. The molecule has 5 heteroatoms. The predicted octanol–water partition coefficient (Wildman–Crippen LogP) is 4.06. The molecule has 0 unspecified atom stereocenters. The van der Waals surface area contributed by atoms with Gasteiger partial charge < -0.3 is 10.1 Å². The second kappa shape index (κ2) is 4.96. The molecule has 0 spiro atoms. The first-order valence-corrected chi connectivity index (χ1v) is 6.89. The van der Waals surface area contributed by atoms with Gasteiger partial charge in [0.05, 0.1) is 11.0 Å². The third-order valence-corrected chi connectivity index (χ3v) is 3.65. The van der Waals surface area contributed by atoms with Crippen LogP contribution in [0.4, 0.5) is 0 Å². The number of halogens is 2. The van der Waals surface area contributed by atoms with Gasteiger partial charge in [-0.3, -0.25) is 0 Å². The van der Waals surface area contributed by atoms with E-state index in [0.717, 1.165) is 21.1 Å². The summed E-state index contributed by atoms with van der Waals surface area (Å²) in [4.78, 5) is 7.52. The van der Waals surface area contributed by atoms with E-state index in [4.69, 9.17) is 11.6 Å². The van der Waals surface area contributed by atoms with E-state index in [1.807, 2.05) is 18.2 Å². The van der Waals surface area contributed by atoms with Crippen LogP contribution in [0, 0.1) is 0 Å². The van der Waals surface area contributed by atoms with E-state index in [0.29, 0.717) is 10.8 Å². The molecule has 1 aromatic heterocycles. The number of nitrogens with zero attached hydrogens (tertiary/aromatic N) is 1. The van der Waals surface area contributed by atoms with Crippen molar-refractivity contribution in [1.29, 1.82) is 0 Å². The molecule has 3 nitrogen and oxygen atoms in total. The molecular formula is C14H10BrClN2O. The molecule has 19 heavy (non-hydrogen) atoms. The zero-order valence-electron chi connectivity index (χ0n) is 9.77. The Morgan fingerprint density at radius 2 is 1.89 bits per heavy atom. The zero-order chi connectivity index (χ0) is 13.4. The van der Waals surface area contributed by atoms with E-state index in [1.54, 1.807) is 24.3 Å². The summed E-state index contributed by atoms with van der Waals surface area (Å²) < 4.78 is 0.969. The molecule has 1 atom stereocenters. The molecule has 0 saturated heterocycles. The van der Waals surface area contributed by atoms with Gasteiger partial charge in [-0.05, 0) is 35.9 Å². The number of aliphatic hydroxyl groups is 1. The van der Waals surface area contributed by atoms with Crippen molar-refractivity contribution in [3.8, 4) is 0 Å². The van der Waals surface area contributed by atoms with Crippen LogP contribution in [0.15, 0.2) is 46.9 Å². The summed E-state index contributed by atoms with van der Waals surface area (Å²) in [5.74, 6) is 0.524. The predicted molar refractivity (Wildman–Crippen MR) is 79.3 cm³/mol. The quantitative estimate of drug-likeness (QED) is 0.741. The molecule has 0 radical (unpaired) electrons. The number of fused-ring (bicyclic) bond motifs is 1. The highest BCUT2D eigenvalue weighted by Crippen LogP contribution is 2.24. The molecule has 3 aromatic rings. The second-order valence-electron chi connectivity index (χ2n) is 4.24. The SMILES string of the molecule is O[C@H](c1ccc(Cl)cc1)c1nc2ccc(Br)cc2[nH]1. The van der Waals surface area contributed by atoms with E-state index in [2.05, 4.69) is 25.9 Å². The Bertz CT molecular complexity index is 724. The summed E-state index contributed by atoms with van der Waals surface area (Å²) in [6.45, 7) is 0. The van der Waals surface area contributed by atoms with E-state index >= 15 is 0 Å². The summed E-state index contributed by atoms with van der Waals surface area (Å²) in [7, 11) is 0. The van der Waals surface area contributed by atoms with Crippen molar-refractivity contribution in [2.45, 2.75) is 6.10 Å². The van der Waals surface area contributed by atoms with Gasteiger partial charge in [0.15, 0.2) is 0 Å². The fourth-order valence-corrected chi connectivity index (χ4v) is 2.42. The lowest BCUT2D eigenvalue weighted by molar-refractivity contribution is 0.211. The molecule has 0 bridgehead atoms. The molecule has 0 amide bonds. The van der Waals surface area contributed by atoms with Crippen LogP contribution in [0.3, 0.4) is 0 Å². The van der Waals surface area contributed by atoms with Crippen molar-refractivity contribution in [2.75, 3.05) is 0 Å². The molecule has 96 valence electrons. The van der Waals surface area contributed by atoms with Crippen LogP contribution in [0.2, 0.25) is 5.02 Å². The van der Waals surface area contributed by atoms with E-state index in [1.165, 1.54) is 0 Å². The lowest BCUT2D eigenvalue weighted by Crippen LogP contribution is -2.01. The highest BCUT2D eigenvalue weighted by molar-refractivity contribution is 9.10. The zero-order valence-corrected chi connectivity index (χ0v) is 12.1. The molecule has 2 aromatic carbocycles. The van der Waals surface area contributed by atoms with Crippen LogP contribution in [0.5, 0.6) is 0 Å². The van der Waals surface area contributed by atoms with Crippen molar-refractivity contribution in [2.24, 2.45) is 0 Å². The van der Waals surface area contributed by atoms with Gasteiger partial charge in [-0.2, -0.15) is 0 Å².